The Balaban J connectivity index is 1.66. The van der Waals surface area contributed by atoms with E-state index in [4.69, 9.17) is 10.5 Å². The predicted molar refractivity (Wildman–Crippen MR) is 70.6 cm³/mol. The summed E-state index contributed by atoms with van der Waals surface area (Å²) in [6.45, 7) is 4.59. The molecule has 0 saturated carbocycles. The van der Waals surface area contributed by atoms with Gasteiger partial charge >= 0.3 is 0 Å². The smallest absolute Gasteiger partial charge is 0.182 e. The number of hydrogen-bond acceptors (Lipinski definition) is 7. The minimum absolute atomic E-state index is 0.546. The van der Waals surface area contributed by atoms with Crippen molar-refractivity contribution in [3.8, 4) is 0 Å². The maximum absolute atomic E-state index is 5.65. The molecule has 0 spiro atoms. The van der Waals surface area contributed by atoms with Gasteiger partial charge < -0.3 is 10.5 Å². The molecule has 18 heavy (non-hydrogen) atoms. The molecule has 1 fully saturated rings. The van der Waals surface area contributed by atoms with Crippen LogP contribution in [-0.4, -0.2) is 52.7 Å². The number of nitrogens with zero attached hydrogens (tertiary/aromatic N) is 4. The van der Waals surface area contributed by atoms with E-state index in [1.165, 1.54) is 11.3 Å². The lowest BCUT2D eigenvalue weighted by Crippen LogP contribution is -2.37. The maximum Gasteiger partial charge on any atom is 0.182 e. The van der Waals surface area contributed by atoms with Crippen LogP contribution in [0.15, 0.2) is 6.20 Å². The van der Waals surface area contributed by atoms with Crippen LogP contribution in [0.5, 0.6) is 0 Å². The lowest BCUT2D eigenvalue weighted by Gasteiger charge is -2.26. The van der Waals surface area contributed by atoms with E-state index in [1.54, 1.807) is 0 Å². The largest absolute Gasteiger partial charge is 0.379 e. The molecule has 0 amide bonds. The Morgan fingerprint density at radius 2 is 2.17 bits per heavy atom. The van der Waals surface area contributed by atoms with Gasteiger partial charge in [-0.3, -0.25) is 4.90 Å². The first-order valence-electron chi connectivity index (χ1n) is 5.99. The first kappa shape index (κ1) is 11.8. The van der Waals surface area contributed by atoms with Gasteiger partial charge in [0.2, 0.25) is 0 Å². The van der Waals surface area contributed by atoms with Gasteiger partial charge in [-0.1, -0.05) is 11.3 Å². The summed E-state index contributed by atoms with van der Waals surface area (Å²) in [5.74, 6) is 0.833. The molecule has 1 saturated heterocycles. The van der Waals surface area contributed by atoms with Gasteiger partial charge in [0.05, 0.1) is 24.1 Å². The van der Waals surface area contributed by atoms with Crippen molar-refractivity contribution < 1.29 is 4.74 Å². The molecule has 3 heterocycles. The normalized spacial score (nSPS) is 17.3. The van der Waals surface area contributed by atoms with E-state index in [-0.39, 0.29) is 0 Å². The lowest BCUT2D eigenvalue weighted by molar-refractivity contribution is 0.0382. The standard InChI is InChI=1S/C11H15N5OS/c12-11-15-10-8(18-11)7-13-9(14-10)1-2-16-3-5-17-6-4-16/h7H,1-6H2,(H2,12,13,14,15). The van der Waals surface area contributed by atoms with Crippen LogP contribution in [0.3, 0.4) is 0 Å². The van der Waals surface area contributed by atoms with E-state index < -0.39 is 0 Å². The molecular weight excluding hydrogens is 250 g/mol. The monoisotopic (exact) mass is 265 g/mol. The quantitative estimate of drug-likeness (QED) is 0.873. The molecule has 1 aliphatic heterocycles. The van der Waals surface area contributed by atoms with Gasteiger partial charge in [0.25, 0.3) is 0 Å². The summed E-state index contributed by atoms with van der Waals surface area (Å²) in [4.78, 5) is 15.3. The zero-order valence-electron chi connectivity index (χ0n) is 10.0. The number of fused-ring (bicyclic) bond motifs is 1. The fourth-order valence-corrected chi connectivity index (χ4v) is 2.64. The number of rotatable bonds is 3. The number of nitrogen functional groups attached to an aromatic ring is 1. The number of nitrogens with two attached hydrogens (primary N) is 1. The minimum atomic E-state index is 0.546. The molecule has 3 rings (SSSR count). The third-order valence-electron chi connectivity index (χ3n) is 2.97. The zero-order chi connectivity index (χ0) is 12.4. The molecule has 2 aromatic heterocycles. The average molecular weight is 265 g/mol. The summed E-state index contributed by atoms with van der Waals surface area (Å²) in [7, 11) is 0. The van der Waals surface area contributed by atoms with E-state index in [1.807, 2.05) is 6.20 Å². The van der Waals surface area contributed by atoms with Crippen LogP contribution in [-0.2, 0) is 11.2 Å². The van der Waals surface area contributed by atoms with Gasteiger partial charge in [-0.15, -0.1) is 0 Å². The van der Waals surface area contributed by atoms with Crippen LogP contribution >= 0.6 is 11.3 Å². The number of anilines is 1. The third-order valence-corrected chi connectivity index (χ3v) is 3.78. The maximum atomic E-state index is 5.65. The highest BCUT2D eigenvalue weighted by molar-refractivity contribution is 7.21. The van der Waals surface area contributed by atoms with Gasteiger partial charge in [0, 0.05) is 26.1 Å². The summed E-state index contributed by atoms with van der Waals surface area (Å²) >= 11 is 1.42. The summed E-state index contributed by atoms with van der Waals surface area (Å²) in [6.07, 6.45) is 2.65. The van der Waals surface area contributed by atoms with E-state index in [2.05, 4.69) is 19.9 Å². The van der Waals surface area contributed by atoms with Crippen molar-refractivity contribution >= 4 is 26.8 Å². The SMILES string of the molecule is Nc1nc2nc(CCN3CCOCC3)ncc2s1. The second-order valence-electron chi connectivity index (χ2n) is 4.23. The van der Waals surface area contributed by atoms with Crippen molar-refractivity contribution in [1.29, 1.82) is 0 Å². The van der Waals surface area contributed by atoms with E-state index in [0.29, 0.717) is 10.8 Å². The molecule has 7 heteroatoms. The van der Waals surface area contributed by atoms with Gasteiger partial charge in [-0.2, -0.15) is 0 Å². The predicted octanol–water partition coefficient (Wildman–Crippen LogP) is 0.543. The Morgan fingerprint density at radius 1 is 1.33 bits per heavy atom. The third kappa shape index (κ3) is 2.58. The Bertz CT molecular complexity index is 537. The van der Waals surface area contributed by atoms with Crippen LogP contribution in [0.4, 0.5) is 5.13 Å². The van der Waals surface area contributed by atoms with Gasteiger partial charge in [0.15, 0.2) is 10.8 Å². The highest BCUT2D eigenvalue weighted by Gasteiger charge is 2.11. The van der Waals surface area contributed by atoms with E-state index in [0.717, 1.165) is 49.8 Å². The highest BCUT2D eigenvalue weighted by Crippen LogP contribution is 2.20. The molecule has 2 aromatic rings. The lowest BCUT2D eigenvalue weighted by atomic mass is 10.3. The minimum Gasteiger partial charge on any atom is -0.379 e. The summed E-state index contributed by atoms with van der Waals surface area (Å²) in [5, 5.41) is 0.546. The van der Waals surface area contributed by atoms with Gasteiger partial charge in [-0.25, -0.2) is 15.0 Å². The first-order valence-corrected chi connectivity index (χ1v) is 6.81. The fourth-order valence-electron chi connectivity index (χ4n) is 1.99. The van der Waals surface area contributed by atoms with Crippen molar-refractivity contribution in [1.82, 2.24) is 19.9 Å². The highest BCUT2D eigenvalue weighted by atomic mass is 32.1. The number of morpholine rings is 1. The number of hydrogen-bond donors (Lipinski definition) is 1. The van der Waals surface area contributed by atoms with Crippen LogP contribution in [0.2, 0.25) is 0 Å². The molecule has 0 atom stereocenters. The number of ether oxygens (including phenoxy) is 1. The van der Waals surface area contributed by atoms with Crippen molar-refractivity contribution in [2.75, 3.05) is 38.6 Å². The van der Waals surface area contributed by atoms with Crippen LogP contribution in [0, 0.1) is 0 Å². The van der Waals surface area contributed by atoms with Crippen molar-refractivity contribution in [2.45, 2.75) is 6.42 Å². The average Bonchev–Trinajstić information content (AvgIpc) is 2.77. The van der Waals surface area contributed by atoms with Gasteiger partial charge in [-0.05, 0) is 0 Å². The zero-order valence-corrected chi connectivity index (χ0v) is 10.8. The van der Waals surface area contributed by atoms with Crippen LogP contribution < -0.4 is 5.73 Å². The number of aromatic nitrogens is 3. The molecule has 0 aliphatic carbocycles. The summed E-state index contributed by atoms with van der Waals surface area (Å²) < 4.78 is 6.26. The molecule has 0 bridgehead atoms. The Hall–Kier alpha value is -1.31. The molecule has 1 aliphatic rings. The van der Waals surface area contributed by atoms with Crippen molar-refractivity contribution in [2.24, 2.45) is 0 Å². The van der Waals surface area contributed by atoms with E-state index >= 15 is 0 Å². The second kappa shape index (κ2) is 5.13. The van der Waals surface area contributed by atoms with E-state index in [9.17, 15) is 0 Å². The molecule has 0 radical (unpaired) electrons. The number of thiazole rings is 1. The molecule has 0 aromatic carbocycles. The molecule has 2 N–H and O–H groups in total. The fraction of sp³-hybridized carbons (Fsp3) is 0.545. The van der Waals surface area contributed by atoms with Crippen molar-refractivity contribution in [3.05, 3.63) is 12.0 Å². The Morgan fingerprint density at radius 3 is 3.00 bits per heavy atom. The molecule has 96 valence electrons. The molecular formula is C11H15N5OS. The second-order valence-corrected chi connectivity index (χ2v) is 5.29. The molecule has 0 unspecified atom stereocenters. The topological polar surface area (TPSA) is 77.2 Å². The van der Waals surface area contributed by atoms with Crippen molar-refractivity contribution in [3.63, 3.8) is 0 Å². The Kier molecular flexibility index (Phi) is 3.35. The van der Waals surface area contributed by atoms with Gasteiger partial charge in [0.1, 0.15) is 5.82 Å². The van der Waals surface area contributed by atoms with Crippen LogP contribution in [0.1, 0.15) is 5.82 Å². The summed E-state index contributed by atoms with van der Waals surface area (Å²) in [5.41, 5.74) is 6.36. The Labute approximate surface area is 109 Å². The summed E-state index contributed by atoms with van der Waals surface area (Å²) in [6, 6.07) is 0. The van der Waals surface area contributed by atoms with Crippen LogP contribution in [0.25, 0.3) is 10.3 Å². The molecule has 6 nitrogen and oxygen atoms in total. The first-order chi connectivity index (χ1) is 8.81.